The number of rotatable bonds is 43. The molecule has 0 heterocycles. The van der Waals surface area contributed by atoms with Crippen LogP contribution in [0.25, 0.3) is 0 Å². The predicted octanol–water partition coefficient (Wildman–Crippen LogP) is 12.6. The van der Waals surface area contributed by atoms with E-state index in [-0.39, 0.29) is 32.1 Å². The monoisotopic (exact) mass is 788 g/mol. The number of phosphoric ester groups is 1. The van der Waals surface area contributed by atoms with Crippen molar-refractivity contribution >= 4 is 19.7 Å². The van der Waals surface area contributed by atoms with Crippen LogP contribution in [0.4, 0.5) is 0 Å². The highest BCUT2D eigenvalue weighted by atomic mass is 31.2. The van der Waals surface area contributed by atoms with Gasteiger partial charge >= 0.3 is 13.8 Å². The lowest BCUT2D eigenvalue weighted by molar-refractivity contribution is -0.147. The predicted molar refractivity (Wildman–Crippen MR) is 225 cm³/mol. The number of nitrogens with one attached hydrogen (secondary N) is 1. The molecule has 0 aromatic carbocycles. The fraction of sp³-hybridized carbons (Fsp3) is 0.909. The molecular formula is C44H86NO8P. The molecule has 0 spiro atoms. The minimum absolute atomic E-state index is 0.0809. The molecule has 0 aliphatic heterocycles. The Morgan fingerprint density at radius 1 is 0.556 bits per heavy atom. The van der Waals surface area contributed by atoms with Gasteiger partial charge in [-0.3, -0.25) is 18.6 Å². The molecule has 2 unspecified atom stereocenters. The van der Waals surface area contributed by atoms with Crippen molar-refractivity contribution in [3.8, 4) is 0 Å². The van der Waals surface area contributed by atoms with E-state index in [1.807, 2.05) is 0 Å². The average molecular weight is 788 g/mol. The van der Waals surface area contributed by atoms with E-state index in [2.05, 4.69) is 31.3 Å². The number of carbonyl (C=O) groups excluding carboxylic acids is 2. The van der Waals surface area contributed by atoms with Gasteiger partial charge in [0.25, 0.3) is 0 Å². The van der Waals surface area contributed by atoms with Gasteiger partial charge in [0.1, 0.15) is 12.7 Å². The number of amides is 1. The lowest BCUT2D eigenvalue weighted by Gasteiger charge is -2.15. The smallest absolute Gasteiger partial charge is 0.463 e. The Hall–Kier alpha value is -1.25. The van der Waals surface area contributed by atoms with E-state index >= 15 is 0 Å². The SMILES string of the molecule is CCCCCCCCC/C=C\CCCCCCCC(=O)NCCOP(=O)(O)OCC(O)COC(=O)CCCCCCCCCCCCCCCCCCC. The van der Waals surface area contributed by atoms with Crippen LogP contribution in [0, 0.1) is 0 Å². The summed E-state index contributed by atoms with van der Waals surface area (Å²) in [6.07, 6.45) is 42.8. The molecule has 10 heteroatoms. The highest BCUT2D eigenvalue weighted by molar-refractivity contribution is 7.47. The van der Waals surface area contributed by atoms with Gasteiger partial charge in [-0.25, -0.2) is 4.57 Å². The zero-order chi connectivity index (χ0) is 39.6. The molecule has 0 radical (unpaired) electrons. The number of carbonyl (C=O) groups is 2. The molecule has 320 valence electrons. The third kappa shape index (κ3) is 41.9. The Morgan fingerprint density at radius 2 is 0.944 bits per heavy atom. The minimum atomic E-state index is -4.41. The standard InChI is InChI=1S/C44H86NO8P/c1-3-5-7-9-11-13-15-17-19-21-23-25-27-29-31-33-35-37-44(48)51-40-42(46)41-53-54(49,50)52-39-38-45-43(47)36-34-32-30-28-26-24-22-20-18-16-14-12-10-8-6-4-2/h20,22,42,46H,3-19,21,23-41H2,1-2H3,(H,45,47)(H,49,50)/b22-20-. The largest absolute Gasteiger partial charge is 0.472 e. The molecule has 54 heavy (non-hydrogen) atoms. The second-order valence-corrected chi connectivity index (χ2v) is 16.8. The van der Waals surface area contributed by atoms with Crippen molar-refractivity contribution in [3.05, 3.63) is 12.2 Å². The summed E-state index contributed by atoms with van der Waals surface area (Å²) in [6, 6.07) is 0. The number of hydrogen-bond donors (Lipinski definition) is 3. The Bertz CT molecular complexity index is 902. The molecule has 1 amide bonds. The third-order valence-electron chi connectivity index (χ3n) is 9.95. The molecule has 0 bridgehead atoms. The maximum Gasteiger partial charge on any atom is 0.472 e. The van der Waals surface area contributed by atoms with Crippen LogP contribution in [0.2, 0.25) is 0 Å². The maximum absolute atomic E-state index is 12.1. The molecule has 0 saturated heterocycles. The lowest BCUT2D eigenvalue weighted by atomic mass is 10.0. The number of aliphatic hydroxyl groups is 1. The molecular weight excluding hydrogens is 701 g/mol. The van der Waals surface area contributed by atoms with E-state index < -0.39 is 26.5 Å². The first-order valence-corrected chi connectivity index (χ1v) is 24.2. The van der Waals surface area contributed by atoms with E-state index in [4.69, 9.17) is 13.8 Å². The van der Waals surface area contributed by atoms with Crippen molar-refractivity contribution in [2.45, 2.75) is 232 Å². The molecule has 0 rings (SSSR count). The Kier molecular flexibility index (Phi) is 40.4. The summed E-state index contributed by atoms with van der Waals surface area (Å²) < 4.78 is 26.9. The first-order chi connectivity index (χ1) is 26.3. The molecule has 0 aromatic heterocycles. The highest BCUT2D eigenvalue weighted by Gasteiger charge is 2.23. The number of unbranched alkanes of at least 4 members (excludes halogenated alkanes) is 28. The van der Waals surface area contributed by atoms with Crippen LogP contribution in [0.15, 0.2) is 12.2 Å². The summed E-state index contributed by atoms with van der Waals surface area (Å²) in [5.74, 6) is -0.515. The van der Waals surface area contributed by atoms with Crippen molar-refractivity contribution in [2.24, 2.45) is 0 Å². The van der Waals surface area contributed by atoms with Crippen LogP contribution in [-0.2, 0) is 27.9 Å². The summed E-state index contributed by atoms with van der Waals surface area (Å²) in [4.78, 5) is 33.9. The number of ether oxygens (including phenoxy) is 1. The third-order valence-corrected chi connectivity index (χ3v) is 10.9. The first-order valence-electron chi connectivity index (χ1n) is 22.7. The van der Waals surface area contributed by atoms with Gasteiger partial charge in [-0.2, -0.15) is 0 Å². The molecule has 0 aliphatic rings. The van der Waals surface area contributed by atoms with Crippen molar-refractivity contribution in [1.29, 1.82) is 0 Å². The van der Waals surface area contributed by atoms with Crippen LogP contribution in [-0.4, -0.2) is 54.3 Å². The van der Waals surface area contributed by atoms with Gasteiger partial charge in [0, 0.05) is 19.4 Å². The normalized spacial score (nSPS) is 13.3. The Balaban J connectivity index is 3.57. The molecule has 0 fully saturated rings. The van der Waals surface area contributed by atoms with Crippen LogP contribution >= 0.6 is 7.82 Å². The topological polar surface area (TPSA) is 131 Å². The van der Waals surface area contributed by atoms with Crippen molar-refractivity contribution in [2.75, 3.05) is 26.4 Å². The number of phosphoric acid groups is 1. The molecule has 9 nitrogen and oxygen atoms in total. The number of esters is 1. The van der Waals surface area contributed by atoms with E-state index in [0.29, 0.717) is 6.42 Å². The fourth-order valence-electron chi connectivity index (χ4n) is 6.49. The molecule has 0 saturated carbocycles. The summed E-state index contributed by atoms with van der Waals surface area (Å²) >= 11 is 0. The Morgan fingerprint density at radius 3 is 1.39 bits per heavy atom. The summed E-state index contributed by atoms with van der Waals surface area (Å²) in [5, 5.41) is 12.7. The summed E-state index contributed by atoms with van der Waals surface area (Å²) in [6.45, 7) is 3.58. The number of hydrogen-bond acceptors (Lipinski definition) is 7. The van der Waals surface area contributed by atoms with Gasteiger partial charge in [-0.15, -0.1) is 0 Å². The highest BCUT2D eigenvalue weighted by Crippen LogP contribution is 2.42. The van der Waals surface area contributed by atoms with Gasteiger partial charge in [0.2, 0.25) is 5.91 Å². The van der Waals surface area contributed by atoms with Crippen molar-refractivity contribution in [3.63, 3.8) is 0 Å². The van der Waals surface area contributed by atoms with Crippen molar-refractivity contribution < 1.29 is 37.9 Å². The molecule has 0 aliphatic carbocycles. The fourth-order valence-corrected chi connectivity index (χ4v) is 7.25. The van der Waals surface area contributed by atoms with Crippen LogP contribution in [0.5, 0.6) is 0 Å². The van der Waals surface area contributed by atoms with Crippen LogP contribution in [0.3, 0.4) is 0 Å². The van der Waals surface area contributed by atoms with Gasteiger partial charge in [-0.05, 0) is 38.5 Å². The maximum atomic E-state index is 12.1. The second-order valence-electron chi connectivity index (χ2n) is 15.4. The zero-order valence-corrected chi connectivity index (χ0v) is 36.1. The minimum Gasteiger partial charge on any atom is -0.463 e. The van der Waals surface area contributed by atoms with E-state index in [1.165, 1.54) is 154 Å². The van der Waals surface area contributed by atoms with Gasteiger partial charge < -0.3 is 20.1 Å². The average Bonchev–Trinajstić information content (AvgIpc) is 3.16. The number of allylic oxidation sites excluding steroid dienone is 2. The number of aliphatic hydroxyl groups excluding tert-OH is 1. The van der Waals surface area contributed by atoms with Gasteiger partial charge in [-0.1, -0.05) is 187 Å². The quantitative estimate of drug-likeness (QED) is 0.0241. The van der Waals surface area contributed by atoms with E-state index in [0.717, 1.165) is 44.9 Å². The van der Waals surface area contributed by atoms with E-state index in [9.17, 15) is 24.2 Å². The summed E-state index contributed by atoms with van der Waals surface area (Å²) in [5.41, 5.74) is 0. The molecule has 3 N–H and O–H groups in total. The lowest BCUT2D eigenvalue weighted by Crippen LogP contribution is -2.27. The van der Waals surface area contributed by atoms with Gasteiger partial charge in [0.15, 0.2) is 0 Å². The molecule has 2 atom stereocenters. The molecule has 0 aromatic rings. The van der Waals surface area contributed by atoms with Crippen LogP contribution in [0.1, 0.15) is 226 Å². The van der Waals surface area contributed by atoms with Gasteiger partial charge in [0.05, 0.1) is 13.2 Å². The first kappa shape index (κ1) is 52.8. The second kappa shape index (κ2) is 41.4. The zero-order valence-electron chi connectivity index (χ0n) is 35.2. The van der Waals surface area contributed by atoms with Crippen LogP contribution < -0.4 is 5.32 Å². The van der Waals surface area contributed by atoms with Crippen molar-refractivity contribution in [1.82, 2.24) is 5.32 Å². The Labute approximate surface area is 332 Å². The summed E-state index contributed by atoms with van der Waals surface area (Å²) in [7, 11) is -4.41. The van der Waals surface area contributed by atoms with E-state index in [1.54, 1.807) is 0 Å².